The summed E-state index contributed by atoms with van der Waals surface area (Å²) in [7, 11) is 0. The monoisotopic (exact) mass is 249 g/mol. The zero-order chi connectivity index (χ0) is 13.3. The van der Waals surface area contributed by atoms with Gasteiger partial charge in [0.2, 0.25) is 5.82 Å². The number of hydrogen-bond donors (Lipinski definition) is 1. The molecular formula is C13H19N3O2. The predicted molar refractivity (Wildman–Crippen MR) is 70.7 cm³/mol. The lowest BCUT2D eigenvalue weighted by atomic mass is 9.87. The van der Waals surface area contributed by atoms with E-state index < -0.39 is 0 Å². The molecule has 0 bridgehead atoms. The van der Waals surface area contributed by atoms with Gasteiger partial charge in [-0.15, -0.1) is 0 Å². The van der Waals surface area contributed by atoms with Crippen LogP contribution in [0, 0.1) is 22.5 Å². The summed E-state index contributed by atoms with van der Waals surface area (Å²) in [5.74, 6) is 0.403. The molecular weight excluding hydrogens is 230 g/mol. The van der Waals surface area contributed by atoms with E-state index in [1.54, 1.807) is 19.2 Å². The highest BCUT2D eigenvalue weighted by atomic mass is 16.6. The molecule has 98 valence electrons. The quantitative estimate of drug-likeness (QED) is 0.659. The molecule has 0 saturated heterocycles. The van der Waals surface area contributed by atoms with Crippen molar-refractivity contribution in [1.82, 2.24) is 4.98 Å². The molecule has 1 N–H and O–H groups in total. The van der Waals surface area contributed by atoms with Crippen molar-refractivity contribution in [2.24, 2.45) is 5.41 Å². The summed E-state index contributed by atoms with van der Waals surface area (Å²) in [5.41, 5.74) is 0.910. The Balaban J connectivity index is 2.29. The second-order valence-corrected chi connectivity index (χ2v) is 5.66. The molecule has 1 aliphatic rings. The first kappa shape index (κ1) is 12.8. The van der Waals surface area contributed by atoms with E-state index in [0.717, 1.165) is 19.3 Å². The van der Waals surface area contributed by atoms with E-state index >= 15 is 0 Å². The van der Waals surface area contributed by atoms with Gasteiger partial charge in [0.15, 0.2) is 0 Å². The van der Waals surface area contributed by atoms with E-state index in [1.807, 2.05) is 0 Å². The van der Waals surface area contributed by atoms with Gasteiger partial charge in [-0.05, 0) is 31.2 Å². The molecule has 2 rings (SSSR count). The van der Waals surface area contributed by atoms with Crippen molar-refractivity contribution in [2.75, 3.05) is 5.32 Å². The van der Waals surface area contributed by atoms with Crippen LogP contribution in [0.3, 0.4) is 0 Å². The summed E-state index contributed by atoms with van der Waals surface area (Å²) >= 11 is 0. The Morgan fingerprint density at radius 3 is 2.83 bits per heavy atom. The highest BCUT2D eigenvalue weighted by Gasteiger charge is 2.36. The van der Waals surface area contributed by atoms with Crippen LogP contribution in [-0.4, -0.2) is 15.9 Å². The van der Waals surface area contributed by atoms with Gasteiger partial charge in [0.1, 0.15) is 0 Å². The Morgan fingerprint density at radius 2 is 2.28 bits per heavy atom. The molecule has 0 spiro atoms. The van der Waals surface area contributed by atoms with Crippen molar-refractivity contribution in [3.63, 3.8) is 0 Å². The minimum atomic E-state index is -0.355. The van der Waals surface area contributed by atoms with E-state index in [-0.39, 0.29) is 22.1 Å². The lowest BCUT2D eigenvalue weighted by Crippen LogP contribution is -2.31. The lowest BCUT2D eigenvalue weighted by molar-refractivity contribution is -0.384. The van der Waals surface area contributed by atoms with Crippen LogP contribution in [0.4, 0.5) is 11.5 Å². The van der Waals surface area contributed by atoms with Gasteiger partial charge in [-0.25, -0.2) is 4.98 Å². The van der Waals surface area contributed by atoms with Crippen LogP contribution in [0.1, 0.15) is 38.7 Å². The molecule has 5 heteroatoms. The number of nitro groups is 1. The number of anilines is 1. The van der Waals surface area contributed by atoms with E-state index in [4.69, 9.17) is 0 Å². The largest absolute Gasteiger partial charge is 0.361 e. The highest BCUT2D eigenvalue weighted by Crippen LogP contribution is 2.40. The Morgan fingerprint density at radius 1 is 1.56 bits per heavy atom. The van der Waals surface area contributed by atoms with Crippen LogP contribution in [0.15, 0.2) is 12.3 Å². The van der Waals surface area contributed by atoms with Crippen molar-refractivity contribution in [3.8, 4) is 0 Å². The average molecular weight is 249 g/mol. The fourth-order valence-corrected chi connectivity index (χ4v) is 2.65. The SMILES string of the molecule is Cc1ccnc(NC2CCCC2(C)C)c1[N+](=O)[O-]. The summed E-state index contributed by atoms with van der Waals surface area (Å²) in [6, 6.07) is 1.92. The summed E-state index contributed by atoms with van der Waals surface area (Å²) in [5, 5.41) is 14.4. The number of hydrogen-bond acceptors (Lipinski definition) is 4. The molecule has 1 aromatic heterocycles. The van der Waals surface area contributed by atoms with Crippen molar-refractivity contribution in [1.29, 1.82) is 0 Å². The molecule has 0 aromatic carbocycles. The molecule has 1 aromatic rings. The molecule has 1 heterocycles. The third kappa shape index (κ3) is 2.30. The van der Waals surface area contributed by atoms with Gasteiger partial charge in [0.05, 0.1) is 4.92 Å². The first-order chi connectivity index (χ1) is 8.42. The number of nitrogens with one attached hydrogen (secondary N) is 1. The summed E-state index contributed by atoms with van der Waals surface area (Å²) in [6.45, 7) is 6.13. The summed E-state index contributed by atoms with van der Waals surface area (Å²) < 4.78 is 0. The zero-order valence-corrected chi connectivity index (χ0v) is 11.1. The molecule has 0 amide bonds. The predicted octanol–water partition coefficient (Wildman–Crippen LogP) is 3.29. The van der Waals surface area contributed by atoms with Crippen LogP contribution >= 0.6 is 0 Å². The topological polar surface area (TPSA) is 68.1 Å². The maximum atomic E-state index is 11.1. The van der Waals surface area contributed by atoms with Crippen molar-refractivity contribution < 1.29 is 4.92 Å². The van der Waals surface area contributed by atoms with E-state index in [1.165, 1.54) is 0 Å². The fraction of sp³-hybridized carbons (Fsp3) is 0.615. The second kappa shape index (κ2) is 4.55. The van der Waals surface area contributed by atoms with Gasteiger partial charge in [0, 0.05) is 17.8 Å². The van der Waals surface area contributed by atoms with Crippen molar-refractivity contribution in [3.05, 3.63) is 27.9 Å². The highest BCUT2D eigenvalue weighted by molar-refractivity contribution is 5.60. The minimum Gasteiger partial charge on any atom is -0.361 e. The lowest BCUT2D eigenvalue weighted by Gasteiger charge is -2.28. The smallest absolute Gasteiger partial charge is 0.314 e. The van der Waals surface area contributed by atoms with Gasteiger partial charge in [-0.1, -0.05) is 20.3 Å². The number of aromatic nitrogens is 1. The first-order valence-corrected chi connectivity index (χ1v) is 6.28. The molecule has 1 fully saturated rings. The first-order valence-electron chi connectivity index (χ1n) is 6.28. The molecule has 18 heavy (non-hydrogen) atoms. The standard InChI is InChI=1S/C13H19N3O2/c1-9-6-8-14-12(11(9)16(17)18)15-10-5-4-7-13(10,2)3/h6,8,10H,4-5,7H2,1-3H3,(H,14,15). The molecule has 0 radical (unpaired) electrons. The van der Waals surface area contributed by atoms with Crippen LogP contribution in [0.2, 0.25) is 0 Å². The van der Waals surface area contributed by atoms with Gasteiger partial charge >= 0.3 is 5.69 Å². The molecule has 1 aliphatic carbocycles. The molecule has 1 atom stereocenters. The molecule has 0 aliphatic heterocycles. The number of aryl methyl sites for hydroxylation is 1. The Bertz CT molecular complexity index is 471. The molecule has 5 nitrogen and oxygen atoms in total. The maximum Gasteiger partial charge on any atom is 0.314 e. The fourth-order valence-electron chi connectivity index (χ4n) is 2.65. The van der Waals surface area contributed by atoms with Crippen LogP contribution in [-0.2, 0) is 0 Å². The number of rotatable bonds is 3. The number of nitrogens with zero attached hydrogens (tertiary/aromatic N) is 2. The van der Waals surface area contributed by atoms with Crippen LogP contribution in [0.5, 0.6) is 0 Å². The van der Waals surface area contributed by atoms with Gasteiger partial charge in [-0.2, -0.15) is 0 Å². The van der Waals surface area contributed by atoms with E-state index in [2.05, 4.69) is 24.1 Å². The summed E-state index contributed by atoms with van der Waals surface area (Å²) in [6.07, 6.45) is 4.96. The Kier molecular flexibility index (Phi) is 3.24. The van der Waals surface area contributed by atoms with Gasteiger partial charge in [0.25, 0.3) is 0 Å². The van der Waals surface area contributed by atoms with Gasteiger partial charge in [-0.3, -0.25) is 10.1 Å². The zero-order valence-electron chi connectivity index (χ0n) is 11.1. The average Bonchev–Trinajstić information content (AvgIpc) is 2.58. The molecule has 1 unspecified atom stereocenters. The Labute approximate surface area is 107 Å². The van der Waals surface area contributed by atoms with Crippen LogP contribution < -0.4 is 5.32 Å². The minimum absolute atomic E-state index is 0.0974. The normalized spacial score (nSPS) is 21.8. The van der Waals surface area contributed by atoms with Crippen molar-refractivity contribution in [2.45, 2.75) is 46.1 Å². The van der Waals surface area contributed by atoms with E-state index in [9.17, 15) is 10.1 Å². The van der Waals surface area contributed by atoms with Crippen LogP contribution in [0.25, 0.3) is 0 Å². The third-order valence-corrected chi connectivity index (χ3v) is 3.88. The summed E-state index contributed by atoms with van der Waals surface area (Å²) in [4.78, 5) is 14.9. The maximum absolute atomic E-state index is 11.1. The van der Waals surface area contributed by atoms with Crippen molar-refractivity contribution >= 4 is 11.5 Å². The van der Waals surface area contributed by atoms with Gasteiger partial charge < -0.3 is 5.32 Å². The molecule has 1 saturated carbocycles. The van der Waals surface area contributed by atoms with E-state index in [0.29, 0.717) is 11.4 Å². The Hall–Kier alpha value is -1.65. The second-order valence-electron chi connectivity index (χ2n) is 5.66. The third-order valence-electron chi connectivity index (χ3n) is 3.88. The number of pyridine rings is 1.